The molecule has 0 aliphatic carbocycles. The third-order valence-electron chi connectivity index (χ3n) is 4.60. The van der Waals surface area contributed by atoms with Crippen molar-refractivity contribution in [3.63, 3.8) is 0 Å². The summed E-state index contributed by atoms with van der Waals surface area (Å²) in [6.07, 6.45) is 7.82. The summed E-state index contributed by atoms with van der Waals surface area (Å²) >= 11 is 0. The van der Waals surface area contributed by atoms with Crippen LogP contribution in [0.25, 0.3) is 0 Å². The largest absolute Gasteiger partial charge is 0.375 e. The fraction of sp³-hybridized carbons (Fsp3) is 1.00. The van der Waals surface area contributed by atoms with Crippen molar-refractivity contribution in [2.75, 3.05) is 19.7 Å². The third kappa shape index (κ3) is 2.60. The molecule has 0 saturated carbocycles. The molecule has 2 nitrogen and oxygen atoms in total. The van der Waals surface area contributed by atoms with Crippen molar-refractivity contribution >= 4 is 0 Å². The predicted molar refractivity (Wildman–Crippen MR) is 67.6 cm³/mol. The van der Waals surface area contributed by atoms with Gasteiger partial charge in [-0.3, -0.25) is 0 Å². The summed E-state index contributed by atoms with van der Waals surface area (Å²) in [4.78, 5) is 0. The maximum absolute atomic E-state index is 6.18. The van der Waals surface area contributed by atoms with Crippen LogP contribution >= 0.6 is 0 Å². The first-order chi connectivity index (χ1) is 7.79. The van der Waals surface area contributed by atoms with E-state index in [4.69, 9.17) is 4.74 Å². The lowest BCUT2D eigenvalue weighted by Crippen LogP contribution is -2.41. The molecule has 0 aromatic carbocycles. The fourth-order valence-electron chi connectivity index (χ4n) is 3.56. The van der Waals surface area contributed by atoms with Crippen LogP contribution in [0.15, 0.2) is 0 Å². The van der Waals surface area contributed by atoms with Crippen LogP contribution in [0.3, 0.4) is 0 Å². The van der Waals surface area contributed by atoms with Crippen molar-refractivity contribution < 1.29 is 4.74 Å². The molecule has 0 aromatic rings. The quantitative estimate of drug-likeness (QED) is 0.794. The zero-order valence-corrected chi connectivity index (χ0v) is 10.9. The molecule has 94 valence electrons. The average molecular weight is 225 g/mol. The van der Waals surface area contributed by atoms with Gasteiger partial charge in [0.2, 0.25) is 0 Å². The molecular weight excluding hydrogens is 198 g/mol. The van der Waals surface area contributed by atoms with Crippen LogP contribution in [0.5, 0.6) is 0 Å². The molecule has 1 N–H and O–H groups in total. The van der Waals surface area contributed by atoms with Crippen molar-refractivity contribution in [1.82, 2.24) is 5.32 Å². The van der Waals surface area contributed by atoms with Gasteiger partial charge in [0.25, 0.3) is 0 Å². The van der Waals surface area contributed by atoms with E-state index in [-0.39, 0.29) is 5.60 Å². The van der Waals surface area contributed by atoms with Crippen LogP contribution in [0.1, 0.15) is 52.4 Å². The van der Waals surface area contributed by atoms with Crippen molar-refractivity contribution in [3.8, 4) is 0 Å². The molecule has 0 radical (unpaired) electrons. The Morgan fingerprint density at radius 3 is 2.69 bits per heavy atom. The van der Waals surface area contributed by atoms with Crippen LogP contribution in [-0.4, -0.2) is 25.3 Å². The highest BCUT2D eigenvalue weighted by atomic mass is 16.5. The molecule has 2 rings (SSSR count). The second-order valence-corrected chi connectivity index (χ2v) is 5.67. The summed E-state index contributed by atoms with van der Waals surface area (Å²) in [6.45, 7) is 7.97. The molecule has 16 heavy (non-hydrogen) atoms. The fourth-order valence-corrected chi connectivity index (χ4v) is 3.56. The zero-order chi connectivity index (χ0) is 11.4. The maximum atomic E-state index is 6.18. The van der Waals surface area contributed by atoms with Crippen LogP contribution in [-0.2, 0) is 4.74 Å². The Hall–Kier alpha value is -0.0800. The van der Waals surface area contributed by atoms with Gasteiger partial charge in [-0.2, -0.15) is 0 Å². The number of hydrogen-bond acceptors (Lipinski definition) is 2. The molecule has 2 fully saturated rings. The standard InChI is InChI=1S/C14H27NO/c1-3-5-12(4-2)13-10-14(16-11-13)6-8-15-9-7-14/h12-13,15H,3-11H2,1-2H3. The third-order valence-corrected chi connectivity index (χ3v) is 4.60. The molecule has 2 saturated heterocycles. The predicted octanol–water partition coefficient (Wildman–Crippen LogP) is 2.97. The normalized spacial score (nSPS) is 30.8. The van der Waals surface area contributed by atoms with Gasteiger partial charge in [-0.1, -0.05) is 33.1 Å². The zero-order valence-electron chi connectivity index (χ0n) is 10.9. The molecule has 2 heteroatoms. The van der Waals surface area contributed by atoms with Gasteiger partial charge in [-0.25, -0.2) is 0 Å². The van der Waals surface area contributed by atoms with Gasteiger partial charge >= 0.3 is 0 Å². The van der Waals surface area contributed by atoms with Gasteiger partial charge in [0.05, 0.1) is 12.2 Å². The highest BCUT2D eigenvalue weighted by Crippen LogP contribution is 2.41. The van der Waals surface area contributed by atoms with E-state index >= 15 is 0 Å². The molecule has 2 aliphatic heterocycles. The molecule has 0 aromatic heterocycles. The smallest absolute Gasteiger partial charge is 0.0710 e. The Morgan fingerprint density at radius 2 is 2.06 bits per heavy atom. The molecule has 0 bridgehead atoms. The van der Waals surface area contributed by atoms with Gasteiger partial charge in [0.1, 0.15) is 0 Å². The van der Waals surface area contributed by atoms with Crippen molar-refractivity contribution in [2.45, 2.75) is 58.0 Å². The van der Waals surface area contributed by atoms with Crippen LogP contribution in [0.4, 0.5) is 0 Å². The molecule has 2 unspecified atom stereocenters. The molecule has 0 amide bonds. The first-order valence-electron chi connectivity index (χ1n) is 7.14. The number of hydrogen-bond donors (Lipinski definition) is 1. The SMILES string of the molecule is CCCC(CC)C1COC2(CCNCC2)C1. The summed E-state index contributed by atoms with van der Waals surface area (Å²) in [5.41, 5.74) is 0.261. The lowest BCUT2D eigenvalue weighted by molar-refractivity contribution is -0.0201. The van der Waals surface area contributed by atoms with E-state index in [1.54, 1.807) is 0 Å². The number of ether oxygens (including phenoxy) is 1. The first kappa shape index (κ1) is 12.4. The van der Waals surface area contributed by atoms with Crippen LogP contribution in [0.2, 0.25) is 0 Å². The Bertz CT molecular complexity index is 211. The summed E-state index contributed by atoms with van der Waals surface area (Å²) in [6, 6.07) is 0. The Balaban J connectivity index is 1.90. The molecule has 2 atom stereocenters. The lowest BCUT2D eigenvalue weighted by atomic mass is 9.79. The van der Waals surface area contributed by atoms with Gasteiger partial charge in [0.15, 0.2) is 0 Å². The number of rotatable bonds is 4. The van der Waals surface area contributed by atoms with Gasteiger partial charge in [0, 0.05) is 0 Å². The monoisotopic (exact) mass is 225 g/mol. The van der Waals surface area contributed by atoms with Gasteiger partial charge < -0.3 is 10.1 Å². The first-order valence-corrected chi connectivity index (χ1v) is 7.14. The summed E-state index contributed by atoms with van der Waals surface area (Å²) < 4.78 is 6.18. The van der Waals surface area contributed by atoms with Crippen LogP contribution in [0, 0.1) is 11.8 Å². The summed E-state index contributed by atoms with van der Waals surface area (Å²) in [5.74, 6) is 1.74. The minimum Gasteiger partial charge on any atom is -0.375 e. The van der Waals surface area contributed by atoms with E-state index in [9.17, 15) is 0 Å². The highest BCUT2D eigenvalue weighted by molar-refractivity contribution is 4.94. The molecule has 1 spiro atoms. The van der Waals surface area contributed by atoms with E-state index < -0.39 is 0 Å². The van der Waals surface area contributed by atoms with E-state index in [2.05, 4.69) is 19.2 Å². The van der Waals surface area contributed by atoms with Gasteiger partial charge in [-0.15, -0.1) is 0 Å². The van der Waals surface area contributed by atoms with E-state index in [0.717, 1.165) is 31.5 Å². The second-order valence-electron chi connectivity index (χ2n) is 5.67. The topological polar surface area (TPSA) is 21.3 Å². The Labute approximate surface area is 100 Å². The van der Waals surface area contributed by atoms with Crippen molar-refractivity contribution in [2.24, 2.45) is 11.8 Å². The van der Waals surface area contributed by atoms with Crippen molar-refractivity contribution in [1.29, 1.82) is 0 Å². The maximum Gasteiger partial charge on any atom is 0.0710 e. The molecule has 2 aliphatic rings. The molecular formula is C14H27NO. The Morgan fingerprint density at radius 1 is 1.31 bits per heavy atom. The summed E-state index contributed by atoms with van der Waals surface area (Å²) in [7, 11) is 0. The van der Waals surface area contributed by atoms with Crippen molar-refractivity contribution in [3.05, 3.63) is 0 Å². The summed E-state index contributed by atoms with van der Waals surface area (Å²) in [5, 5.41) is 3.44. The minimum absolute atomic E-state index is 0.261. The minimum atomic E-state index is 0.261. The van der Waals surface area contributed by atoms with E-state index in [0.29, 0.717) is 0 Å². The number of piperidine rings is 1. The average Bonchev–Trinajstić information content (AvgIpc) is 2.71. The Kier molecular flexibility index (Phi) is 4.26. The van der Waals surface area contributed by atoms with Gasteiger partial charge in [-0.05, 0) is 44.2 Å². The van der Waals surface area contributed by atoms with Crippen LogP contribution < -0.4 is 5.32 Å². The lowest BCUT2D eigenvalue weighted by Gasteiger charge is -2.33. The molecule has 2 heterocycles. The second kappa shape index (κ2) is 5.50. The highest BCUT2D eigenvalue weighted by Gasteiger charge is 2.42. The van der Waals surface area contributed by atoms with E-state index in [1.165, 1.54) is 38.5 Å². The van der Waals surface area contributed by atoms with E-state index in [1.807, 2.05) is 0 Å². The number of nitrogens with one attached hydrogen (secondary N) is 1.